The SMILES string of the molecule is CC(C)COCCOc1ccc2cc(Nc3nc(N[C@@H]4CCCC[C@@H]4N)c(F)cc3C(N)=O)ccc2n1. The first-order valence-corrected chi connectivity index (χ1v) is 12.7. The van der Waals surface area contributed by atoms with Crippen LogP contribution in [0.5, 0.6) is 5.88 Å². The third-order valence-electron chi connectivity index (χ3n) is 6.24. The van der Waals surface area contributed by atoms with Crippen molar-refractivity contribution in [2.24, 2.45) is 17.4 Å². The van der Waals surface area contributed by atoms with Gasteiger partial charge in [-0.15, -0.1) is 0 Å². The molecule has 0 aliphatic heterocycles. The van der Waals surface area contributed by atoms with Gasteiger partial charge in [0.05, 0.1) is 17.7 Å². The van der Waals surface area contributed by atoms with E-state index in [1.54, 1.807) is 12.1 Å². The highest BCUT2D eigenvalue weighted by atomic mass is 19.1. The van der Waals surface area contributed by atoms with Gasteiger partial charge in [-0.1, -0.05) is 26.7 Å². The van der Waals surface area contributed by atoms with Crippen LogP contribution in [0.4, 0.5) is 21.7 Å². The van der Waals surface area contributed by atoms with E-state index in [1.165, 1.54) is 0 Å². The summed E-state index contributed by atoms with van der Waals surface area (Å²) in [5.74, 6) is -0.248. The summed E-state index contributed by atoms with van der Waals surface area (Å²) in [6.45, 7) is 5.80. The Hall–Kier alpha value is -3.50. The third-order valence-corrected chi connectivity index (χ3v) is 6.24. The zero-order valence-corrected chi connectivity index (χ0v) is 21.3. The normalized spacial score (nSPS) is 17.6. The van der Waals surface area contributed by atoms with Crippen LogP contribution in [0.15, 0.2) is 36.4 Å². The molecule has 198 valence electrons. The van der Waals surface area contributed by atoms with E-state index in [0.29, 0.717) is 37.3 Å². The molecule has 3 aromatic rings. The van der Waals surface area contributed by atoms with E-state index >= 15 is 0 Å². The molecule has 2 heterocycles. The van der Waals surface area contributed by atoms with E-state index in [0.717, 1.165) is 42.7 Å². The summed E-state index contributed by atoms with van der Waals surface area (Å²) in [5.41, 5.74) is 13.1. The van der Waals surface area contributed by atoms with Crippen molar-refractivity contribution >= 4 is 34.1 Å². The molecule has 4 rings (SSSR count). The van der Waals surface area contributed by atoms with E-state index < -0.39 is 11.7 Å². The average molecular weight is 511 g/mol. The van der Waals surface area contributed by atoms with Crippen molar-refractivity contribution < 1.29 is 18.7 Å². The third kappa shape index (κ3) is 7.05. The first-order chi connectivity index (χ1) is 17.8. The maximum absolute atomic E-state index is 14.8. The summed E-state index contributed by atoms with van der Waals surface area (Å²) in [6.07, 6.45) is 3.77. The Bertz CT molecular complexity index is 1240. The van der Waals surface area contributed by atoms with Crippen LogP contribution < -0.4 is 26.8 Å². The molecule has 1 saturated carbocycles. The molecule has 1 aromatic carbocycles. The average Bonchev–Trinajstić information content (AvgIpc) is 2.86. The number of anilines is 3. The van der Waals surface area contributed by atoms with Gasteiger partial charge in [0, 0.05) is 35.8 Å². The minimum atomic E-state index is -0.781. The van der Waals surface area contributed by atoms with Crippen LogP contribution in [0.2, 0.25) is 0 Å². The molecule has 0 unspecified atom stereocenters. The fourth-order valence-corrected chi connectivity index (χ4v) is 4.31. The number of carbonyl (C=O) groups excluding carboxylic acids is 1. The predicted octanol–water partition coefficient (Wildman–Crippen LogP) is 4.34. The van der Waals surface area contributed by atoms with E-state index in [4.69, 9.17) is 20.9 Å². The Morgan fingerprint density at radius 3 is 2.68 bits per heavy atom. The fourth-order valence-electron chi connectivity index (χ4n) is 4.31. The van der Waals surface area contributed by atoms with Crippen molar-refractivity contribution in [2.75, 3.05) is 30.5 Å². The number of amides is 1. The van der Waals surface area contributed by atoms with Gasteiger partial charge in [0.15, 0.2) is 11.6 Å². The van der Waals surface area contributed by atoms with Gasteiger partial charge in [-0.2, -0.15) is 0 Å². The summed E-state index contributed by atoms with van der Waals surface area (Å²) in [4.78, 5) is 20.9. The number of nitrogens with zero attached hydrogens (tertiary/aromatic N) is 2. The van der Waals surface area contributed by atoms with Crippen molar-refractivity contribution in [1.82, 2.24) is 9.97 Å². The Balaban J connectivity index is 1.49. The molecular weight excluding hydrogens is 475 g/mol. The molecule has 1 fully saturated rings. The van der Waals surface area contributed by atoms with Gasteiger partial charge in [-0.25, -0.2) is 14.4 Å². The van der Waals surface area contributed by atoms with Gasteiger partial charge in [-0.3, -0.25) is 4.79 Å². The Kier molecular flexibility index (Phi) is 8.73. The van der Waals surface area contributed by atoms with Crippen molar-refractivity contribution in [3.05, 3.63) is 47.8 Å². The number of benzene rings is 1. The number of carbonyl (C=O) groups is 1. The lowest BCUT2D eigenvalue weighted by molar-refractivity contribution is 0.0807. The maximum atomic E-state index is 14.8. The number of pyridine rings is 2. The number of hydrogen-bond donors (Lipinski definition) is 4. The second kappa shape index (κ2) is 12.2. The zero-order chi connectivity index (χ0) is 26.4. The minimum absolute atomic E-state index is 0.0384. The Morgan fingerprint density at radius 1 is 1.11 bits per heavy atom. The molecule has 10 heteroatoms. The van der Waals surface area contributed by atoms with Crippen LogP contribution >= 0.6 is 0 Å². The largest absolute Gasteiger partial charge is 0.475 e. The second-order valence-corrected chi connectivity index (χ2v) is 9.78. The van der Waals surface area contributed by atoms with Gasteiger partial charge in [0.25, 0.3) is 5.91 Å². The van der Waals surface area contributed by atoms with Gasteiger partial charge in [0.1, 0.15) is 12.4 Å². The Morgan fingerprint density at radius 2 is 1.92 bits per heavy atom. The molecule has 0 radical (unpaired) electrons. The van der Waals surface area contributed by atoms with E-state index in [-0.39, 0.29) is 29.3 Å². The monoisotopic (exact) mass is 510 g/mol. The van der Waals surface area contributed by atoms with Crippen LogP contribution in [-0.4, -0.2) is 47.8 Å². The fraction of sp³-hybridized carbons (Fsp3) is 0.444. The van der Waals surface area contributed by atoms with Crippen LogP contribution in [0, 0.1) is 11.7 Å². The summed E-state index contributed by atoms with van der Waals surface area (Å²) in [7, 11) is 0. The van der Waals surface area contributed by atoms with Gasteiger partial charge < -0.3 is 31.6 Å². The number of nitrogens with two attached hydrogens (primary N) is 2. The molecule has 0 saturated heterocycles. The lowest BCUT2D eigenvalue weighted by Crippen LogP contribution is -2.43. The molecule has 37 heavy (non-hydrogen) atoms. The lowest BCUT2D eigenvalue weighted by Gasteiger charge is -2.30. The van der Waals surface area contributed by atoms with Crippen LogP contribution in [0.3, 0.4) is 0 Å². The first kappa shape index (κ1) is 26.6. The lowest BCUT2D eigenvalue weighted by atomic mass is 9.91. The molecule has 0 spiro atoms. The van der Waals surface area contributed by atoms with E-state index in [9.17, 15) is 9.18 Å². The minimum Gasteiger partial charge on any atom is -0.475 e. The molecule has 6 N–H and O–H groups in total. The summed E-state index contributed by atoms with van der Waals surface area (Å²) < 4.78 is 26.0. The highest BCUT2D eigenvalue weighted by Crippen LogP contribution is 2.28. The smallest absolute Gasteiger partial charge is 0.252 e. The van der Waals surface area contributed by atoms with Crippen LogP contribution in [-0.2, 0) is 4.74 Å². The molecule has 0 bridgehead atoms. The topological polar surface area (TPSA) is 137 Å². The van der Waals surface area contributed by atoms with Gasteiger partial charge in [-0.05, 0) is 49.1 Å². The van der Waals surface area contributed by atoms with Crippen molar-refractivity contribution in [3.63, 3.8) is 0 Å². The number of primary amides is 1. The number of aromatic nitrogens is 2. The highest BCUT2D eigenvalue weighted by Gasteiger charge is 2.24. The molecule has 2 atom stereocenters. The molecule has 1 amide bonds. The van der Waals surface area contributed by atoms with Gasteiger partial charge in [0.2, 0.25) is 5.88 Å². The first-order valence-electron chi connectivity index (χ1n) is 12.7. The molecule has 1 aliphatic rings. The van der Waals surface area contributed by atoms with Crippen molar-refractivity contribution in [3.8, 4) is 5.88 Å². The standard InChI is InChI=1S/C27H35FN6O3/c1-16(2)15-36-11-12-37-24-10-7-17-13-18(8-9-22(17)32-24)31-26-19(25(30)35)14-20(28)27(34-26)33-23-6-4-3-5-21(23)29/h7-10,13-14,16,21,23H,3-6,11-12,15,29H2,1-2H3,(H2,30,35)(H2,31,33,34)/t21-,23+/m0/s1. The highest BCUT2D eigenvalue weighted by molar-refractivity contribution is 5.99. The molecular formula is C27H35FN6O3. The zero-order valence-electron chi connectivity index (χ0n) is 21.3. The maximum Gasteiger partial charge on any atom is 0.252 e. The summed E-state index contributed by atoms with van der Waals surface area (Å²) in [5, 5.41) is 7.08. The summed E-state index contributed by atoms with van der Waals surface area (Å²) in [6, 6.07) is 10.1. The quantitative estimate of drug-likeness (QED) is 0.280. The van der Waals surface area contributed by atoms with Crippen molar-refractivity contribution in [1.29, 1.82) is 0 Å². The number of fused-ring (bicyclic) bond motifs is 1. The molecule has 9 nitrogen and oxygen atoms in total. The number of ether oxygens (including phenoxy) is 2. The number of halogens is 1. The summed E-state index contributed by atoms with van der Waals surface area (Å²) >= 11 is 0. The van der Waals surface area contributed by atoms with E-state index in [2.05, 4.69) is 34.4 Å². The molecule has 2 aromatic heterocycles. The van der Waals surface area contributed by atoms with Gasteiger partial charge >= 0.3 is 0 Å². The van der Waals surface area contributed by atoms with Crippen LogP contribution in [0.1, 0.15) is 49.9 Å². The Labute approximate surface area is 216 Å². The number of rotatable bonds is 11. The number of hydrogen-bond acceptors (Lipinski definition) is 8. The molecule has 1 aliphatic carbocycles. The number of nitrogens with one attached hydrogen (secondary N) is 2. The van der Waals surface area contributed by atoms with E-state index in [1.807, 2.05) is 18.2 Å². The van der Waals surface area contributed by atoms with Crippen LogP contribution in [0.25, 0.3) is 10.9 Å². The van der Waals surface area contributed by atoms with Crippen molar-refractivity contribution in [2.45, 2.75) is 51.6 Å². The predicted molar refractivity (Wildman–Crippen MR) is 143 cm³/mol. The second-order valence-electron chi connectivity index (χ2n) is 9.78.